The van der Waals surface area contributed by atoms with Gasteiger partial charge in [-0.15, -0.1) is 10.2 Å². The Labute approximate surface area is 171 Å². The molecule has 1 aromatic heterocycles. The van der Waals surface area contributed by atoms with E-state index in [2.05, 4.69) is 10.2 Å². The highest BCUT2D eigenvalue weighted by Gasteiger charge is 2.27. The Morgan fingerprint density at radius 2 is 1.97 bits per heavy atom. The van der Waals surface area contributed by atoms with Crippen LogP contribution in [0.5, 0.6) is 23.0 Å². The smallest absolute Gasteiger partial charge is 0.277 e. The molecule has 0 saturated heterocycles. The monoisotopic (exact) mass is 414 g/mol. The lowest BCUT2D eigenvalue weighted by molar-refractivity contribution is 0.0686. The number of Topliss-reactive ketones (excluding diaryl/α,β-unsaturated/α-hetero) is 1. The summed E-state index contributed by atoms with van der Waals surface area (Å²) in [6, 6.07) is 12.5. The number of hydrogen-bond acceptors (Lipinski definition) is 9. The number of benzene rings is 2. The summed E-state index contributed by atoms with van der Waals surface area (Å²) in [6.07, 6.45) is -0.499. The van der Waals surface area contributed by atoms with Gasteiger partial charge in [-0.25, -0.2) is 0 Å². The van der Waals surface area contributed by atoms with Gasteiger partial charge in [-0.05, 0) is 30.3 Å². The van der Waals surface area contributed by atoms with E-state index >= 15 is 0 Å². The van der Waals surface area contributed by atoms with Gasteiger partial charge in [-0.3, -0.25) is 4.79 Å². The Kier molecular flexibility index (Phi) is 5.57. The maximum Gasteiger partial charge on any atom is 0.277 e. The molecule has 0 unspecified atom stereocenters. The van der Waals surface area contributed by atoms with Crippen LogP contribution < -0.4 is 18.9 Å². The Morgan fingerprint density at radius 3 is 2.76 bits per heavy atom. The first-order chi connectivity index (χ1) is 14.2. The third kappa shape index (κ3) is 4.14. The second-order valence-electron chi connectivity index (χ2n) is 6.05. The van der Waals surface area contributed by atoms with Crippen molar-refractivity contribution < 1.29 is 28.2 Å². The number of hydrogen-bond donors (Lipinski definition) is 0. The zero-order valence-electron chi connectivity index (χ0n) is 15.8. The number of ketones is 1. The standard InChI is InChI=1S/C20H18N2O6S/c1-24-12-7-8-15(25-2)13(9-12)14(23)11-29-20-22-21-19(28-20)18-10-26-16-5-3-4-6-17(16)27-18/h3-9,18H,10-11H2,1-2H3/t18-/m0/s1. The Hall–Kier alpha value is -3.20. The number of para-hydroxylation sites is 2. The van der Waals surface area contributed by atoms with Gasteiger partial charge in [0.05, 0.1) is 25.5 Å². The molecule has 150 valence electrons. The van der Waals surface area contributed by atoms with Crippen molar-refractivity contribution in [2.75, 3.05) is 26.6 Å². The number of rotatable bonds is 7. The molecule has 0 N–H and O–H groups in total. The van der Waals surface area contributed by atoms with E-state index in [9.17, 15) is 4.79 Å². The molecule has 3 aromatic rings. The van der Waals surface area contributed by atoms with Crippen molar-refractivity contribution in [1.29, 1.82) is 0 Å². The number of thioether (sulfide) groups is 1. The number of aromatic nitrogens is 2. The van der Waals surface area contributed by atoms with Crippen LogP contribution in [0.4, 0.5) is 0 Å². The lowest BCUT2D eigenvalue weighted by atomic mass is 10.1. The molecule has 9 heteroatoms. The molecule has 1 atom stereocenters. The molecule has 8 nitrogen and oxygen atoms in total. The zero-order chi connectivity index (χ0) is 20.2. The van der Waals surface area contributed by atoms with Crippen LogP contribution in [0.15, 0.2) is 52.1 Å². The minimum absolute atomic E-state index is 0.107. The largest absolute Gasteiger partial charge is 0.497 e. The van der Waals surface area contributed by atoms with E-state index in [-0.39, 0.29) is 23.4 Å². The predicted octanol–water partition coefficient (Wildman–Crippen LogP) is 3.57. The quantitative estimate of drug-likeness (QED) is 0.425. The summed E-state index contributed by atoms with van der Waals surface area (Å²) in [7, 11) is 3.06. The first-order valence-electron chi connectivity index (χ1n) is 8.78. The van der Waals surface area contributed by atoms with Gasteiger partial charge in [0.25, 0.3) is 11.1 Å². The Bertz CT molecular complexity index is 1020. The summed E-state index contributed by atoms with van der Waals surface area (Å²) < 4.78 is 27.6. The highest BCUT2D eigenvalue weighted by atomic mass is 32.2. The maximum absolute atomic E-state index is 12.6. The number of carbonyl (C=O) groups is 1. The van der Waals surface area contributed by atoms with Crippen molar-refractivity contribution in [2.45, 2.75) is 11.3 Å². The minimum atomic E-state index is -0.499. The highest BCUT2D eigenvalue weighted by molar-refractivity contribution is 7.99. The van der Waals surface area contributed by atoms with E-state index in [0.717, 1.165) is 11.8 Å². The lowest BCUT2D eigenvalue weighted by Crippen LogP contribution is -2.21. The second-order valence-corrected chi connectivity index (χ2v) is 6.98. The van der Waals surface area contributed by atoms with Crippen LogP contribution in [0.3, 0.4) is 0 Å². The molecule has 0 saturated carbocycles. The van der Waals surface area contributed by atoms with Gasteiger partial charge in [0.2, 0.25) is 6.10 Å². The molecule has 0 spiro atoms. The Morgan fingerprint density at radius 1 is 1.14 bits per heavy atom. The van der Waals surface area contributed by atoms with Crippen molar-refractivity contribution in [1.82, 2.24) is 10.2 Å². The number of methoxy groups -OCH3 is 2. The molecular weight excluding hydrogens is 396 g/mol. The minimum Gasteiger partial charge on any atom is -0.497 e. The van der Waals surface area contributed by atoms with Crippen LogP contribution in [0.2, 0.25) is 0 Å². The molecule has 2 heterocycles. The van der Waals surface area contributed by atoms with Gasteiger partial charge in [0.15, 0.2) is 17.3 Å². The molecule has 2 aromatic carbocycles. The summed E-state index contributed by atoms with van der Waals surface area (Å²) in [4.78, 5) is 12.6. The molecule has 29 heavy (non-hydrogen) atoms. The highest BCUT2D eigenvalue weighted by Crippen LogP contribution is 2.36. The zero-order valence-corrected chi connectivity index (χ0v) is 16.6. The molecule has 1 aliphatic heterocycles. The van der Waals surface area contributed by atoms with E-state index in [1.54, 1.807) is 25.3 Å². The van der Waals surface area contributed by atoms with Crippen LogP contribution in [0.25, 0.3) is 0 Å². The topological polar surface area (TPSA) is 92.9 Å². The number of nitrogens with zero attached hydrogens (tertiary/aromatic N) is 2. The van der Waals surface area contributed by atoms with Crippen LogP contribution in [-0.2, 0) is 0 Å². The third-order valence-electron chi connectivity index (χ3n) is 4.24. The molecular formula is C20H18N2O6S. The second kappa shape index (κ2) is 8.44. The van der Waals surface area contributed by atoms with E-state index in [4.69, 9.17) is 23.4 Å². The maximum atomic E-state index is 12.6. The van der Waals surface area contributed by atoms with E-state index < -0.39 is 6.10 Å². The average molecular weight is 414 g/mol. The molecule has 0 fully saturated rings. The number of carbonyl (C=O) groups excluding carboxylic acids is 1. The first kappa shape index (κ1) is 19.1. The molecule has 0 radical (unpaired) electrons. The summed E-state index contributed by atoms with van der Waals surface area (Å²) >= 11 is 1.14. The average Bonchev–Trinajstić information content (AvgIpc) is 3.25. The normalized spacial score (nSPS) is 15.0. The predicted molar refractivity (Wildman–Crippen MR) is 104 cm³/mol. The fraction of sp³-hybridized carbons (Fsp3) is 0.250. The van der Waals surface area contributed by atoms with Crippen molar-refractivity contribution in [2.24, 2.45) is 0 Å². The molecule has 0 amide bonds. The van der Waals surface area contributed by atoms with Crippen molar-refractivity contribution >= 4 is 17.5 Å². The fourth-order valence-electron chi connectivity index (χ4n) is 2.79. The van der Waals surface area contributed by atoms with Crippen molar-refractivity contribution in [3.63, 3.8) is 0 Å². The summed E-state index contributed by atoms with van der Waals surface area (Å²) in [5, 5.41) is 8.29. The van der Waals surface area contributed by atoms with E-state index in [0.29, 0.717) is 34.5 Å². The van der Waals surface area contributed by atoms with E-state index in [1.165, 1.54) is 7.11 Å². The fourth-order valence-corrected chi connectivity index (χ4v) is 3.44. The van der Waals surface area contributed by atoms with Gasteiger partial charge in [-0.2, -0.15) is 0 Å². The van der Waals surface area contributed by atoms with Crippen molar-refractivity contribution in [3.05, 3.63) is 53.9 Å². The summed E-state index contributed by atoms with van der Waals surface area (Å²) in [5.74, 6) is 2.62. The van der Waals surface area contributed by atoms with Gasteiger partial charge in [0, 0.05) is 0 Å². The van der Waals surface area contributed by atoms with Crippen LogP contribution in [0, 0.1) is 0 Å². The number of ether oxygens (including phenoxy) is 4. The summed E-state index contributed by atoms with van der Waals surface area (Å²) in [5.41, 5.74) is 0.430. The van der Waals surface area contributed by atoms with Gasteiger partial charge >= 0.3 is 0 Å². The van der Waals surface area contributed by atoms with Crippen LogP contribution in [0.1, 0.15) is 22.4 Å². The molecule has 4 rings (SSSR count). The van der Waals surface area contributed by atoms with Crippen LogP contribution in [-0.4, -0.2) is 42.6 Å². The molecule has 1 aliphatic rings. The summed E-state index contributed by atoms with van der Waals surface area (Å²) in [6.45, 7) is 0.267. The molecule has 0 bridgehead atoms. The SMILES string of the molecule is COc1ccc(OC)c(C(=O)CSc2nnc([C@@H]3COc4ccccc4O3)o2)c1. The van der Waals surface area contributed by atoms with Gasteiger partial charge < -0.3 is 23.4 Å². The van der Waals surface area contributed by atoms with E-state index in [1.807, 2.05) is 24.3 Å². The van der Waals surface area contributed by atoms with Crippen molar-refractivity contribution in [3.8, 4) is 23.0 Å². The molecule has 0 aliphatic carbocycles. The third-order valence-corrected chi connectivity index (χ3v) is 5.06. The lowest BCUT2D eigenvalue weighted by Gasteiger charge is -2.23. The first-order valence-corrected chi connectivity index (χ1v) is 9.76. The number of fused-ring (bicyclic) bond motifs is 1. The van der Waals surface area contributed by atoms with Gasteiger partial charge in [0.1, 0.15) is 18.1 Å². The Balaban J connectivity index is 1.41. The van der Waals surface area contributed by atoms with Crippen LogP contribution >= 0.6 is 11.8 Å². The van der Waals surface area contributed by atoms with Gasteiger partial charge in [-0.1, -0.05) is 23.9 Å².